The van der Waals surface area contributed by atoms with E-state index in [0.29, 0.717) is 29.6 Å². The molecule has 1 unspecified atom stereocenters. The number of fused-ring (bicyclic) bond motifs is 1. The molecule has 4 rings (SSSR count). The molecule has 7 heteroatoms. The van der Waals surface area contributed by atoms with Gasteiger partial charge < -0.3 is 14.7 Å². The van der Waals surface area contributed by atoms with Gasteiger partial charge in [-0.25, -0.2) is 0 Å². The number of amides is 1. The van der Waals surface area contributed by atoms with Crippen molar-refractivity contribution in [3.8, 4) is 17.0 Å². The molecule has 2 N–H and O–H groups in total. The molecule has 0 saturated heterocycles. The van der Waals surface area contributed by atoms with Crippen molar-refractivity contribution in [2.75, 3.05) is 20.3 Å². The number of phenolic OH excluding ortho intramolecular Hbond substituents is 1. The van der Waals surface area contributed by atoms with Crippen molar-refractivity contribution in [3.05, 3.63) is 70.4 Å². The number of H-pyrrole nitrogens is 1. The second kappa shape index (κ2) is 7.06. The molecule has 1 aliphatic heterocycles. The molecule has 0 radical (unpaired) electrons. The van der Waals surface area contributed by atoms with Crippen LogP contribution in [0.3, 0.4) is 0 Å². The summed E-state index contributed by atoms with van der Waals surface area (Å²) in [5.41, 5.74) is 3.79. The van der Waals surface area contributed by atoms with E-state index in [9.17, 15) is 9.90 Å². The van der Waals surface area contributed by atoms with E-state index in [4.69, 9.17) is 16.3 Å². The van der Waals surface area contributed by atoms with Gasteiger partial charge in [0.25, 0.3) is 5.91 Å². The lowest BCUT2D eigenvalue weighted by Gasteiger charge is -2.26. The summed E-state index contributed by atoms with van der Waals surface area (Å²) < 4.78 is 5.18. The van der Waals surface area contributed by atoms with Crippen LogP contribution in [0.1, 0.15) is 27.7 Å². The SMILES string of the molecule is COCCN1C(=O)c2[nH]nc(-c3ccc(Cl)cc3)c2C1c1ccc(O)cc1. The van der Waals surface area contributed by atoms with E-state index in [2.05, 4.69) is 10.2 Å². The summed E-state index contributed by atoms with van der Waals surface area (Å²) in [6, 6.07) is 13.9. The number of carbonyl (C=O) groups excluding carboxylic acids is 1. The van der Waals surface area contributed by atoms with Crippen molar-refractivity contribution in [1.82, 2.24) is 15.1 Å². The number of phenols is 1. The largest absolute Gasteiger partial charge is 0.508 e. The van der Waals surface area contributed by atoms with Gasteiger partial charge in [-0.05, 0) is 29.8 Å². The second-order valence-electron chi connectivity index (χ2n) is 6.35. The highest BCUT2D eigenvalue weighted by Crippen LogP contribution is 2.42. The molecule has 2 aromatic carbocycles. The van der Waals surface area contributed by atoms with Crippen LogP contribution < -0.4 is 0 Å². The maximum atomic E-state index is 13.0. The van der Waals surface area contributed by atoms with Crippen LogP contribution in [-0.2, 0) is 4.74 Å². The van der Waals surface area contributed by atoms with Crippen LogP contribution in [0.4, 0.5) is 0 Å². The third-order valence-corrected chi connectivity index (χ3v) is 4.98. The molecule has 6 nitrogen and oxygen atoms in total. The molecular weight excluding hydrogens is 366 g/mol. The molecule has 0 fully saturated rings. The molecule has 3 aromatic rings. The summed E-state index contributed by atoms with van der Waals surface area (Å²) in [5, 5.41) is 17.6. The number of carbonyl (C=O) groups is 1. The van der Waals surface area contributed by atoms with Gasteiger partial charge in [0.05, 0.1) is 18.3 Å². The predicted octanol–water partition coefficient (Wildman–Crippen LogP) is 3.63. The van der Waals surface area contributed by atoms with E-state index in [0.717, 1.165) is 16.7 Å². The molecule has 2 heterocycles. The summed E-state index contributed by atoms with van der Waals surface area (Å²) in [7, 11) is 1.61. The summed E-state index contributed by atoms with van der Waals surface area (Å²) in [5.74, 6) is 0.0599. The molecule has 0 spiro atoms. The summed E-state index contributed by atoms with van der Waals surface area (Å²) >= 11 is 6.01. The average molecular weight is 384 g/mol. The Balaban J connectivity index is 1.84. The van der Waals surface area contributed by atoms with Crippen LogP contribution >= 0.6 is 11.6 Å². The van der Waals surface area contributed by atoms with Crippen LogP contribution in [0.25, 0.3) is 11.3 Å². The fourth-order valence-corrected chi connectivity index (χ4v) is 3.57. The Morgan fingerprint density at radius 1 is 1.19 bits per heavy atom. The average Bonchev–Trinajstić information content (AvgIpc) is 3.21. The predicted molar refractivity (Wildman–Crippen MR) is 102 cm³/mol. The quantitative estimate of drug-likeness (QED) is 0.705. The third-order valence-electron chi connectivity index (χ3n) is 4.73. The first-order valence-corrected chi connectivity index (χ1v) is 8.91. The van der Waals surface area contributed by atoms with Gasteiger partial charge >= 0.3 is 0 Å². The van der Waals surface area contributed by atoms with Crippen molar-refractivity contribution >= 4 is 17.5 Å². The van der Waals surface area contributed by atoms with Crippen LogP contribution in [0.5, 0.6) is 5.75 Å². The van der Waals surface area contributed by atoms with Crippen molar-refractivity contribution in [1.29, 1.82) is 0 Å². The number of hydrogen-bond donors (Lipinski definition) is 2. The first-order chi connectivity index (χ1) is 13.1. The third kappa shape index (κ3) is 3.07. The van der Waals surface area contributed by atoms with E-state index in [1.807, 2.05) is 24.3 Å². The number of aromatic amines is 1. The number of aromatic hydroxyl groups is 1. The normalized spacial score (nSPS) is 16.0. The monoisotopic (exact) mass is 383 g/mol. The molecule has 1 aromatic heterocycles. The molecule has 0 saturated carbocycles. The molecule has 0 bridgehead atoms. The van der Waals surface area contributed by atoms with Crippen LogP contribution in [-0.4, -0.2) is 46.4 Å². The summed E-state index contributed by atoms with van der Waals surface area (Å²) in [6.07, 6.45) is 0. The van der Waals surface area contributed by atoms with E-state index >= 15 is 0 Å². The number of rotatable bonds is 5. The van der Waals surface area contributed by atoms with Crippen LogP contribution in [0, 0.1) is 0 Å². The highest BCUT2D eigenvalue weighted by Gasteiger charge is 2.41. The molecule has 1 amide bonds. The Kier molecular flexibility index (Phi) is 4.59. The van der Waals surface area contributed by atoms with E-state index < -0.39 is 0 Å². The van der Waals surface area contributed by atoms with Crippen LogP contribution in [0.15, 0.2) is 48.5 Å². The first-order valence-electron chi connectivity index (χ1n) is 8.53. The Labute approximate surface area is 161 Å². The molecule has 1 aliphatic rings. The minimum absolute atomic E-state index is 0.118. The number of aromatic nitrogens is 2. The minimum Gasteiger partial charge on any atom is -0.508 e. The topological polar surface area (TPSA) is 78.5 Å². The van der Waals surface area contributed by atoms with Gasteiger partial charge in [0.2, 0.25) is 0 Å². The number of halogens is 1. The van der Waals surface area contributed by atoms with Gasteiger partial charge in [-0.15, -0.1) is 0 Å². The molecular formula is C20H18ClN3O3. The maximum Gasteiger partial charge on any atom is 0.273 e. The molecule has 1 atom stereocenters. The lowest BCUT2D eigenvalue weighted by molar-refractivity contribution is 0.0677. The van der Waals surface area contributed by atoms with E-state index in [1.54, 1.807) is 36.3 Å². The number of ether oxygens (including phenoxy) is 1. The maximum absolute atomic E-state index is 13.0. The van der Waals surface area contributed by atoms with Crippen molar-refractivity contribution < 1.29 is 14.6 Å². The zero-order chi connectivity index (χ0) is 19.0. The van der Waals surface area contributed by atoms with Gasteiger partial charge in [0.1, 0.15) is 11.4 Å². The fraction of sp³-hybridized carbons (Fsp3) is 0.200. The van der Waals surface area contributed by atoms with E-state index in [-0.39, 0.29) is 17.7 Å². The van der Waals surface area contributed by atoms with Gasteiger partial charge in [-0.2, -0.15) is 5.10 Å². The Bertz CT molecular complexity index is 967. The summed E-state index contributed by atoms with van der Waals surface area (Å²) in [6.45, 7) is 0.873. The number of hydrogen-bond acceptors (Lipinski definition) is 4. The smallest absolute Gasteiger partial charge is 0.273 e. The number of benzene rings is 2. The van der Waals surface area contributed by atoms with Crippen LogP contribution in [0.2, 0.25) is 5.02 Å². The lowest BCUT2D eigenvalue weighted by atomic mass is 9.96. The molecule has 138 valence electrons. The standard InChI is InChI=1S/C20H18ClN3O3/c1-27-11-10-24-19(13-4-8-15(25)9-5-13)16-17(22-23-18(16)20(24)26)12-2-6-14(21)7-3-12/h2-9,19,25H,10-11H2,1H3,(H,22,23). The minimum atomic E-state index is -0.312. The zero-order valence-corrected chi connectivity index (χ0v) is 15.4. The van der Waals surface area contributed by atoms with Gasteiger partial charge in [-0.1, -0.05) is 35.9 Å². The lowest BCUT2D eigenvalue weighted by Crippen LogP contribution is -2.32. The van der Waals surface area contributed by atoms with Crippen molar-refractivity contribution in [2.45, 2.75) is 6.04 Å². The summed E-state index contributed by atoms with van der Waals surface area (Å²) in [4.78, 5) is 14.7. The van der Waals surface area contributed by atoms with Crippen molar-refractivity contribution in [3.63, 3.8) is 0 Å². The number of methoxy groups -OCH3 is 1. The fourth-order valence-electron chi connectivity index (χ4n) is 3.45. The number of nitrogens with zero attached hydrogens (tertiary/aromatic N) is 2. The Morgan fingerprint density at radius 3 is 2.56 bits per heavy atom. The first kappa shape index (κ1) is 17.6. The van der Waals surface area contributed by atoms with Crippen molar-refractivity contribution in [2.24, 2.45) is 0 Å². The van der Waals surface area contributed by atoms with E-state index in [1.165, 1.54) is 0 Å². The highest BCUT2D eigenvalue weighted by atomic mass is 35.5. The van der Waals surface area contributed by atoms with Gasteiger partial charge in [0, 0.05) is 29.8 Å². The second-order valence-corrected chi connectivity index (χ2v) is 6.79. The van der Waals surface area contributed by atoms with Gasteiger partial charge in [-0.3, -0.25) is 9.89 Å². The Hall–Kier alpha value is -2.83. The molecule has 0 aliphatic carbocycles. The molecule has 27 heavy (non-hydrogen) atoms. The highest BCUT2D eigenvalue weighted by molar-refractivity contribution is 6.30. The zero-order valence-electron chi connectivity index (χ0n) is 14.6. The number of nitrogens with one attached hydrogen (secondary N) is 1. The Morgan fingerprint density at radius 2 is 1.89 bits per heavy atom. The van der Waals surface area contributed by atoms with Gasteiger partial charge in [0.15, 0.2) is 0 Å².